The van der Waals surface area contributed by atoms with Gasteiger partial charge in [0.2, 0.25) is 5.91 Å². The summed E-state index contributed by atoms with van der Waals surface area (Å²) >= 11 is 0. The molecule has 0 aliphatic carbocycles. The van der Waals surface area contributed by atoms with Crippen LogP contribution in [0.3, 0.4) is 0 Å². The first kappa shape index (κ1) is 12.6. The van der Waals surface area contributed by atoms with Crippen molar-refractivity contribution in [1.29, 1.82) is 0 Å². The number of aromatic nitrogens is 2. The van der Waals surface area contributed by atoms with E-state index in [9.17, 15) is 4.79 Å². The van der Waals surface area contributed by atoms with Crippen molar-refractivity contribution < 1.29 is 4.79 Å². The van der Waals surface area contributed by atoms with Gasteiger partial charge in [-0.1, -0.05) is 26.0 Å². The molecule has 2 rings (SSSR count). The van der Waals surface area contributed by atoms with E-state index in [2.05, 4.69) is 21.9 Å². The molecular weight excluding hydrogens is 228 g/mol. The first-order chi connectivity index (χ1) is 8.67. The van der Waals surface area contributed by atoms with Crippen molar-refractivity contribution in [3.8, 4) is 0 Å². The highest BCUT2D eigenvalue weighted by molar-refractivity contribution is 5.79. The van der Waals surface area contributed by atoms with Crippen LogP contribution < -0.4 is 11.3 Å². The summed E-state index contributed by atoms with van der Waals surface area (Å²) in [6.07, 6.45) is 0.839. The van der Waals surface area contributed by atoms with Crippen molar-refractivity contribution in [1.82, 2.24) is 15.0 Å². The van der Waals surface area contributed by atoms with Crippen LogP contribution in [-0.4, -0.2) is 15.5 Å². The largest absolute Gasteiger partial charge is 0.327 e. The van der Waals surface area contributed by atoms with E-state index in [0.717, 1.165) is 23.3 Å². The second kappa shape index (κ2) is 5.18. The summed E-state index contributed by atoms with van der Waals surface area (Å²) < 4.78 is 2.09. The molecule has 18 heavy (non-hydrogen) atoms. The third-order valence-electron chi connectivity index (χ3n) is 3.10. The van der Waals surface area contributed by atoms with Crippen LogP contribution in [0.2, 0.25) is 0 Å². The van der Waals surface area contributed by atoms with Crippen LogP contribution >= 0.6 is 0 Å². The lowest BCUT2D eigenvalue weighted by Crippen LogP contribution is -2.36. The minimum absolute atomic E-state index is 0.158. The van der Waals surface area contributed by atoms with Gasteiger partial charge in [0.1, 0.15) is 5.82 Å². The summed E-state index contributed by atoms with van der Waals surface area (Å²) in [6, 6.07) is 7.95. The highest BCUT2D eigenvalue weighted by Gasteiger charge is 2.16. The topological polar surface area (TPSA) is 72.9 Å². The lowest BCUT2D eigenvalue weighted by molar-refractivity contribution is -0.124. The first-order valence-electron chi connectivity index (χ1n) is 6.12. The molecule has 0 saturated heterocycles. The molecule has 96 valence electrons. The van der Waals surface area contributed by atoms with Gasteiger partial charge in [-0.2, -0.15) is 0 Å². The number of rotatable bonds is 4. The fraction of sp³-hybridized carbons (Fsp3) is 0.385. The molecule has 5 nitrogen and oxygen atoms in total. The third-order valence-corrected chi connectivity index (χ3v) is 3.10. The number of benzene rings is 1. The van der Waals surface area contributed by atoms with Gasteiger partial charge >= 0.3 is 0 Å². The van der Waals surface area contributed by atoms with Gasteiger partial charge < -0.3 is 4.57 Å². The number of carbonyl (C=O) groups excluding carboxylic acids is 1. The van der Waals surface area contributed by atoms with E-state index in [1.54, 1.807) is 0 Å². The number of aryl methyl sites for hydroxylation is 1. The van der Waals surface area contributed by atoms with Crippen molar-refractivity contribution >= 4 is 16.9 Å². The summed E-state index contributed by atoms with van der Waals surface area (Å²) in [5.41, 5.74) is 4.22. The third kappa shape index (κ3) is 2.22. The number of para-hydroxylation sites is 2. The second-order valence-electron chi connectivity index (χ2n) is 4.39. The number of hydrogen-bond acceptors (Lipinski definition) is 3. The number of nitrogens with zero attached hydrogens (tertiary/aromatic N) is 2. The predicted octanol–water partition coefficient (Wildman–Crippen LogP) is 1.22. The van der Waals surface area contributed by atoms with Gasteiger partial charge in [-0.25, -0.2) is 10.8 Å². The van der Waals surface area contributed by atoms with E-state index in [1.165, 1.54) is 0 Å². The Hall–Kier alpha value is -1.88. The Morgan fingerprint density at radius 1 is 1.50 bits per heavy atom. The van der Waals surface area contributed by atoms with E-state index in [-0.39, 0.29) is 11.8 Å². The lowest BCUT2D eigenvalue weighted by Gasteiger charge is -2.13. The zero-order valence-electron chi connectivity index (χ0n) is 10.7. The lowest BCUT2D eigenvalue weighted by atomic mass is 10.1. The Kier molecular flexibility index (Phi) is 3.62. The fourth-order valence-electron chi connectivity index (χ4n) is 2.10. The summed E-state index contributed by atoms with van der Waals surface area (Å²) in [4.78, 5) is 16.1. The summed E-state index contributed by atoms with van der Waals surface area (Å²) in [6.45, 7) is 4.51. The molecule has 0 aliphatic heterocycles. The highest BCUT2D eigenvalue weighted by atomic mass is 16.2. The maximum Gasteiger partial charge on any atom is 0.238 e. The Morgan fingerprint density at radius 3 is 2.89 bits per heavy atom. The molecule has 0 saturated carbocycles. The van der Waals surface area contributed by atoms with Crippen LogP contribution in [0.4, 0.5) is 0 Å². The summed E-state index contributed by atoms with van der Waals surface area (Å²) in [5.74, 6) is 5.81. The Labute approximate surface area is 106 Å². The van der Waals surface area contributed by atoms with Crippen molar-refractivity contribution in [2.75, 3.05) is 0 Å². The van der Waals surface area contributed by atoms with Gasteiger partial charge in [0.15, 0.2) is 0 Å². The first-order valence-corrected chi connectivity index (χ1v) is 6.12. The number of imidazole rings is 1. The smallest absolute Gasteiger partial charge is 0.238 e. The van der Waals surface area contributed by atoms with Crippen LogP contribution in [0.15, 0.2) is 24.3 Å². The molecule has 0 aliphatic rings. The molecule has 0 radical (unpaired) electrons. The number of fused-ring (bicyclic) bond motifs is 1. The standard InChI is InChI=1S/C13H18N4O/c1-3-12-15-10-6-4-5-7-11(10)17(12)8-9(2)13(18)16-14/h4-7,9H,3,8,14H2,1-2H3,(H,16,18). The average molecular weight is 246 g/mol. The summed E-state index contributed by atoms with van der Waals surface area (Å²) in [5, 5.41) is 0. The average Bonchev–Trinajstić information content (AvgIpc) is 2.76. The number of nitrogens with one attached hydrogen (secondary N) is 1. The van der Waals surface area contributed by atoms with Crippen molar-refractivity contribution in [2.24, 2.45) is 11.8 Å². The molecule has 1 unspecified atom stereocenters. The number of amides is 1. The van der Waals surface area contributed by atoms with Gasteiger partial charge in [0.25, 0.3) is 0 Å². The monoisotopic (exact) mass is 246 g/mol. The van der Waals surface area contributed by atoms with Crippen molar-refractivity contribution in [2.45, 2.75) is 26.8 Å². The fourth-order valence-corrected chi connectivity index (χ4v) is 2.10. The van der Waals surface area contributed by atoms with Crippen LogP contribution in [0, 0.1) is 5.92 Å². The molecule has 1 aromatic heterocycles. The second-order valence-corrected chi connectivity index (χ2v) is 4.39. The van der Waals surface area contributed by atoms with Crippen LogP contribution in [-0.2, 0) is 17.8 Å². The minimum atomic E-state index is -0.182. The van der Waals surface area contributed by atoms with E-state index in [0.29, 0.717) is 6.54 Å². The van der Waals surface area contributed by atoms with Gasteiger partial charge in [0, 0.05) is 13.0 Å². The van der Waals surface area contributed by atoms with E-state index in [4.69, 9.17) is 5.84 Å². The molecule has 1 atom stereocenters. The van der Waals surface area contributed by atoms with Gasteiger partial charge in [-0.05, 0) is 12.1 Å². The normalized spacial score (nSPS) is 12.6. The SMILES string of the molecule is CCc1nc2ccccc2n1CC(C)C(=O)NN. The van der Waals surface area contributed by atoms with E-state index < -0.39 is 0 Å². The maximum atomic E-state index is 11.5. The van der Waals surface area contributed by atoms with Gasteiger partial charge in [-0.15, -0.1) is 0 Å². The number of hydrogen-bond donors (Lipinski definition) is 2. The molecule has 1 amide bonds. The van der Waals surface area contributed by atoms with Gasteiger partial charge in [-0.3, -0.25) is 10.2 Å². The minimum Gasteiger partial charge on any atom is -0.327 e. The molecular formula is C13H18N4O. The zero-order valence-corrected chi connectivity index (χ0v) is 10.7. The molecule has 5 heteroatoms. The van der Waals surface area contributed by atoms with Crippen molar-refractivity contribution in [3.63, 3.8) is 0 Å². The van der Waals surface area contributed by atoms with Crippen LogP contribution in [0.1, 0.15) is 19.7 Å². The van der Waals surface area contributed by atoms with Gasteiger partial charge in [0.05, 0.1) is 17.0 Å². The van der Waals surface area contributed by atoms with Crippen LogP contribution in [0.25, 0.3) is 11.0 Å². The highest BCUT2D eigenvalue weighted by Crippen LogP contribution is 2.18. The molecule has 0 spiro atoms. The quantitative estimate of drug-likeness (QED) is 0.484. The number of nitrogens with two attached hydrogens (primary N) is 1. The molecule has 1 aromatic carbocycles. The Balaban J connectivity index is 2.39. The zero-order chi connectivity index (χ0) is 13.1. The number of hydrazine groups is 1. The van der Waals surface area contributed by atoms with Crippen molar-refractivity contribution in [3.05, 3.63) is 30.1 Å². The van der Waals surface area contributed by atoms with Crippen LogP contribution in [0.5, 0.6) is 0 Å². The molecule has 2 aromatic rings. The van der Waals surface area contributed by atoms with E-state index >= 15 is 0 Å². The molecule has 1 heterocycles. The molecule has 0 fully saturated rings. The Bertz CT molecular complexity index is 561. The predicted molar refractivity (Wildman–Crippen MR) is 70.6 cm³/mol. The molecule has 3 N–H and O–H groups in total. The van der Waals surface area contributed by atoms with E-state index in [1.807, 2.05) is 31.2 Å². The summed E-state index contributed by atoms with van der Waals surface area (Å²) in [7, 11) is 0. The molecule has 0 bridgehead atoms. The maximum absolute atomic E-state index is 11.5. The Morgan fingerprint density at radius 2 is 2.22 bits per heavy atom. The number of carbonyl (C=O) groups is 1.